The number of hydrogen-bond acceptors (Lipinski definition) is 2. The largest absolute Gasteiger partial charge is 0.623 e. The molecule has 0 aliphatic rings. The maximum absolute atomic E-state index is 13.1. The van der Waals surface area contributed by atoms with Crippen molar-refractivity contribution in [2.24, 2.45) is 0 Å². The van der Waals surface area contributed by atoms with E-state index in [1.807, 2.05) is 32.9 Å². The van der Waals surface area contributed by atoms with Crippen LogP contribution in [0.15, 0.2) is 12.1 Å². The van der Waals surface area contributed by atoms with Crippen molar-refractivity contribution in [2.75, 3.05) is 0 Å². The summed E-state index contributed by atoms with van der Waals surface area (Å²) in [4.78, 5) is 13.1. The van der Waals surface area contributed by atoms with Gasteiger partial charge in [0.25, 0.3) is 0 Å². The van der Waals surface area contributed by atoms with Gasteiger partial charge in [0.15, 0.2) is 17.5 Å². The topological polar surface area (TPSA) is 43.1 Å². The van der Waals surface area contributed by atoms with Gasteiger partial charge in [-0.3, -0.25) is 4.79 Å². The summed E-state index contributed by atoms with van der Waals surface area (Å²) in [6.07, 6.45) is 4.13. The molecule has 0 aromatic heterocycles. The van der Waals surface area contributed by atoms with Crippen molar-refractivity contribution in [3.05, 3.63) is 39.6 Å². The maximum Gasteiger partial charge on any atom is 0.182 e. The van der Waals surface area contributed by atoms with Gasteiger partial charge in [-0.25, -0.2) is 4.74 Å². The molecule has 3 heteroatoms. The van der Waals surface area contributed by atoms with E-state index in [2.05, 4.69) is 48.5 Å². The second kappa shape index (κ2) is 8.16. The zero-order valence-electron chi connectivity index (χ0n) is 19.1. The molecule has 0 saturated heterocycles. The first-order chi connectivity index (χ1) is 12.1. The molecule has 0 fully saturated rings. The molecule has 1 aromatic rings. The smallest absolute Gasteiger partial charge is 0.182 e. The van der Waals surface area contributed by atoms with Crippen molar-refractivity contribution in [3.8, 4) is 0 Å². The predicted molar refractivity (Wildman–Crippen MR) is 116 cm³/mol. The minimum atomic E-state index is -0.501. The summed E-state index contributed by atoms with van der Waals surface area (Å²) in [5.74, 6) is 0.216. The Kier molecular flexibility index (Phi) is 7.07. The zero-order chi connectivity index (χ0) is 21.2. The van der Waals surface area contributed by atoms with Crippen molar-refractivity contribution in [1.82, 2.24) is 0 Å². The number of ketones is 1. The molecule has 0 atom stereocenters. The third kappa shape index (κ3) is 6.19. The van der Waals surface area contributed by atoms with Crippen LogP contribution >= 0.6 is 0 Å². The zero-order valence-corrected chi connectivity index (χ0v) is 19.1. The summed E-state index contributed by atoms with van der Waals surface area (Å²) in [6, 6.07) is 4.07. The molecule has 3 nitrogen and oxygen atoms in total. The fraction of sp³-hybridized carbons (Fsp3) is 0.667. The Labute approximate surface area is 166 Å². The number of hydrogen-bond donors (Lipinski definition) is 0. The average molecular weight is 374 g/mol. The summed E-state index contributed by atoms with van der Waals surface area (Å²) >= 11 is 0. The van der Waals surface area contributed by atoms with Crippen LogP contribution in [0.5, 0.6) is 0 Å². The van der Waals surface area contributed by atoms with E-state index in [-0.39, 0.29) is 16.6 Å². The van der Waals surface area contributed by atoms with E-state index in [0.717, 1.165) is 39.8 Å². The molecule has 0 aliphatic carbocycles. The normalized spacial score (nSPS) is 13.8. The highest BCUT2D eigenvalue weighted by atomic mass is 16.5. The summed E-state index contributed by atoms with van der Waals surface area (Å²) in [5.41, 5.74) is 2.91. The molecule has 0 spiro atoms. The van der Waals surface area contributed by atoms with Crippen LogP contribution in [0.4, 0.5) is 0 Å². The first-order valence-electron chi connectivity index (χ1n) is 10.1. The molecular weight excluding hydrogens is 334 g/mol. The van der Waals surface area contributed by atoms with Crippen molar-refractivity contribution < 1.29 is 9.53 Å². The minimum absolute atomic E-state index is 0.184. The van der Waals surface area contributed by atoms with Crippen molar-refractivity contribution in [2.45, 2.75) is 105 Å². The number of Topliss-reactive ketones (excluding diaryl/α,β-unsaturated/α-hetero) is 1. The molecular formula is C24H39NO2. The monoisotopic (exact) mass is 373 g/mol. The van der Waals surface area contributed by atoms with Gasteiger partial charge in [0.05, 0.1) is 0 Å². The van der Waals surface area contributed by atoms with Gasteiger partial charge in [0.2, 0.25) is 0 Å². The number of nitrogens with zero attached hydrogens (tertiary/aromatic N) is 1. The highest BCUT2D eigenvalue weighted by molar-refractivity contribution is 6.00. The molecule has 0 heterocycles. The van der Waals surface area contributed by atoms with E-state index in [4.69, 9.17) is 0 Å². The maximum atomic E-state index is 13.1. The van der Waals surface area contributed by atoms with Crippen molar-refractivity contribution in [3.63, 3.8) is 0 Å². The fourth-order valence-electron chi connectivity index (χ4n) is 3.01. The standard InChI is InChI=1S/C24H39NO2/c1-11-12-13-20(26)21-18(22(2,3)4)14-17(15-19(21)23(5,6)7)16-25(27)24(8,9)10/h14-16H,11-13H2,1-10H3. The van der Waals surface area contributed by atoms with Gasteiger partial charge in [-0.15, -0.1) is 0 Å². The van der Waals surface area contributed by atoms with E-state index in [0.29, 0.717) is 6.42 Å². The lowest BCUT2D eigenvalue weighted by Gasteiger charge is -2.30. The molecule has 27 heavy (non-hydrogen) atoms. The predicted octanol–water partition coefficient (Wildman–Crippen LogP) is 6.38. The lowest BCUT2D eigenvalue weighted by atomic mass is 9.73. The van der Waals surface area contributed by atoms with E-state index in [9.17, 15) is 10.0 Å². The van der Waals surface area contributed by atoms with Crippen LogP contribution in [0, 0.1) is 5.21 Å². The number of benzene rings is 1. The summed E-state index contributed by atoms with van der Waals surface area (Å²) in [7, 11) is 0. The average Bonchev–Trinajstić information content (AvgIpc) is 2.49. The first kappa shape index (κ1) is 23.4. The second-order valence-electron chi connectivity index (χ2n) is 10.6. The molecule has 0 radical (unpaired) electrons. The van der Waals surface area contributed by atoms with Gasteiger partial charge in [-0.2, -0.15) is 0 Å². The van der Waals surface area contributed by atoms with Crippen molar-refractivity contribution >= 4 is 12.0 Å². The summed E-state index contributed by atoms with van der Waals surface area (Å²) < 4.78 is 1.000. The van der Waals surface area contributed by atoms with Crippen LogP contribution in [0.3, 0.4) is 0 Å². The molecule has 0 aliphatic heterocycles. The Bertz CT molecular complexity index is 672. The number of carbonyl (C=O) groups excluding carboxylic acids is 1. The second-order valence-corrected chi connectivity index (χ2v) is 10.6. The molecule has 0 amide bonds. The van der Waals surface area contributed by atoms with E-state index in [1.54, 1.807) is 6.21 Å². The van der Waals surface area contributed by atoms with Crippen LogP contribution in [0.1, 0.15) is 116 Å². The third-order valence-corrected chi connectivity index (χ3v) is 4.74. The number of carbonyl (C=O) groups is 1. The van der Waals surface area contributed by atoms with Gasteiger partial charge >= 0.3 is 0 Å². The van der Waals surface area contributed by atoms with Crippen molar-refractivity contribution in [1.29, 1.82) is 0 Å². The summed E-state index contributed by atoms with van der Waals surface area (Å²) in [5, 5.41) is 12.5. The SMILES string of the molecule is CCCCC(=O)c1c(C(C)(C)C)cc(C=[N+]([O-])C(C)(C)C)cc1C(C)(C)C. The molecule has 1 rings (SSSR count). The third-order valence-electron chi connectivity index (χ3n) is 4.74. The van der Waals surface area contributed by atoms with Crippen LogP contribution < -0.4 is 0 Å². The Balaban J connectivity index is 3.79. The Morgan fingerprint density at radius 2 is 1.41 bits per heavy atom. The van der Waals surface area contributed by atoms with Crippen LogP contribution in [0.2, 0.25) is 0 Å². The van der Waals surface area contributed by atoms with E-state index < -0.39 is 5.54 Å². The van der Waals surface area contributed by atoms with Gasteiger partial charge in [-0.05, 0) is 40.5 Å². The van der Waals surface area contributed by atoms with E-state index in [1.165, 1.54) is 0 Å². The van der Waals surface area contributed by atoms with Crippen LogP contribution in [-0.2, 0) is 10.8 Å². The number of hydroxylamine groups is 1. The highest BCUT2D eigenvalue weighted by Crippen LogP contribution is 2.36. The quantitative estimate of drug-likeness (QED) is 0.197. The van der Waals surface area contributed by atoms with E-state index >= 15 is 0 Å². The lowest BCUT2D eigenvalue weighted by Crippen LogP contribution is -2.30. The molecule has 0 bridgehead atoms. The summed E-state index contributed by atoms with van der Waals surface area (Å²) in [6.45, 7) is 20.6. The van der Waals surface area contributed by atoms with Gasteiger partial charge in [0.1, 0.15) is 0 Å². The number of unbranched alkanes of at least 4 members (excludes halogenated alkanes) is 1. The molecule has 152 valence electrons. The first-order valence-corrected chi connectivity index (χ1v) is 10.1. The Hall–Kier alpha value is -1.64. The fourth-order valence-corrected chi connectivity index (χ4v) is 3.01. The molecule has 1 aromatic carbocycles. The Morgan fingerprint density at radius 1 is 0.963 bits per heavy atom. The van der Waals surface area contributed by atoms with Crippen LogP contribution in [-0.4, -0.2) is 22.3 Å². The van der Waals surface area contributed by atoms with Gasteiger partial charge < -0.3 is 5.21 Å². The molecule has 0 saturated carbocycles. The minimum Gasteiger partial charge on any atom is -0.623 e. The highest BCUT2D eigenvalue weighted by Gasteiger charge is 2.30. The molecule has 0 N–H and O–H groups in total. The van der Waals surface area contributed by atoms with Crippen LogP contribution in [0.25, 0.3) is 0 Å². The molecule has 0 unspecified atom stereocenters. The van der Waals surface area contributed by atoms with Gasteiger partial charge in [-0.1, -0.05) is 54.9 Å². The Morgan fingerprint density at radius 3 is 1.74 bits per heavy atom. The lowest BCUT2D eigenvalue weighted by molar-refractivity contribution is -0.530. The number of rotatable bonds is 5. The van der Waals surface area contributed by atoms with Gasteiger partial charge in [0, 0.05) is 38.3 Å².